The van der Waals surface area contributed by atoms with Crippen LogP contribution in [-0.4, -0.2) is 6.54 Å². The normalized spacial score (nSPS) is 12.0. The molecule has 2 aromatic carbocycles. The van der Waals surface area contributed by atoms with E-state index in [1.54, 1.807) is 6.07 Å². The second-order valence-electron chi connectivity index (χ2n) is 4.64. The zero-order chi connectivity index (χ0) is 15.1. The van der Waals surface area contributed by atoms with Crippen LogP contribution in [0.1, 0.15) is 16.7 Å². The Morgan fingerprint density at radius 1 is 0.952 bits per heavy atom. The summed E-state index contributed by atoms with van der Waals surface area (Å²) in [5.74, 6) is 0. The summed E-state index contributed by atoms with van der Waals surface area (Å²) >= 11 is 0. The monoisotopic (exact) mass is 291 g/mol. The number of benzene rings is 2. The van der Waals surface area contributed by atoms with Crippen LogP contribution in [-0.2, 0) is 12.7 Å². The molecular formula is C17H16F3N. The highest BCUT2D eigenvalue weighted by molar-refractivity contribution is 5.48. The van der Waals surface area contributed by atoms with Crippen LogP contribution in [0.25, 0.3) is 6.08 Å². The van der Waals surface area contributed by atoms with E-state index in [-0.39, 0.29) is 0 Å². The van der Waals surface area contributed by atoms with Crippen LogP contribution in [0.5, 0.6) is 0 Å². The van der Waals surface area contributed by atoms with Gasteiger partial charge < -0.3 is 5.32 Å². The van der Waals surface area contributed by atoms with Crippen molar-refractivity contribution in [2.75, 3.05) is 6.54 Å². The average molecular weight is 291 g/mol. The van der Waals surface area contributed by atoms with Crippen molar-refractivity contribution in [1.82, 2.24) is 5.32 Å². The van der Waals surface area contributed by atoms with E-state index in [0.717, 1.165) is 11.6 Å². The van der Waals surface area contributed by atoms with Gasteiger partial charge in [-0.2, -0.15) is 13.2 Å². The molecule has 110 valence electrons. The molecule has 1 N–H and O–H groups in total. The molecule has 0 radical (unpaired) electrons. The first-order chi connectivity index (χ1) is 10.1. The number of rotatable bonds is 5. The summed E-state index contributed by atoms with van der Waals surface area (Å²) in [6.07, 6.45) is -0.370. The lowest BCUT2D eigenvalue weighted by molar-refractivity contribution is -0.137. The Morgan fingerprint density at radius 3 is 2.43 bits per heavy atom. The van der Waals surface area contributed by atoms with E-state index >= 15 is 0 Å². The number of alkyl halides is 3. The molecule has 2 rings (SSSR count). The molecule has 0 atom stereocenters. The van der Waals surface area contributed by atoms with Crippen molar-refractivity contribution >= 4 is 6.08 Å². The lowest BCUT2D eigenvalue weighted by Crippen LogP contribution is -2.13. The molecule has 0 fully saturated rings. The predicted octanol–water partition coefficient (Wildman–Crippen LogP) is 4.51. The predicted molar refractivity (Wildman–Crippen MR) is 78.6 cm³/mol. The van der Waals surface area contributed by atoms with Gasteiger partial charge in [-0.15, -0.1) is 0 Å². The van der Waals surface area contributed by atoms with E-state index in [1.807, 2.05) is 42.5 Å². The lowest BCUT2D eigenvalue weighted by atomic mass is 10.1. The fraction of sp³-hybridized carbons (Fsp3) is 0.176. The van der Waals surface area contributed by atoms with Gasteiger partial charge in [0.25, 0.3) is 0 Å². The molecule has 4 heteroatoms. The van der Waals surface area contributed by atoms with E-state index in [1.165, 1.54) is 12.1 Å². The highest BCUT2D eigenvalue weighted by Crippen LogP contribution is 2.29. The Bertz CT molecular complexity index is 588. The van der Waals surface area contributed by atoms with Gasteiger partial charge in [-0.1, -0.05) is 60.7 Å². The van der Waals surface area contributed by atoms with Crippen molar-refractivity contribution in [3.63, 3.8) is 0 Å². The summed E-state index contributed by atoms with van der Waals surface area (Å²) in [6.45, 7) is 1.01. The largest absolute Gasteiger partial charge is 0.416 e. The zero-order valence-corrected chi connectivity index (χ0v) is 11.4. The van der Waals surface area contributed by atoms with E-state index in [4.69, 9.17) is 0 Å². The first kappa shape index (κ1) is 15.3. The summed E-state index contributed by atoms with van der Waals surface area (Å²) in [5.41, 5.74) is 1.11. The van der Waals surface area contributed by atoms with Crippen LogP contribution >= 0.6 is 0 Å². The van der Waals surface area contributed by atoms with Crippen molar-refractivity contribution in [2.45, 2.75) is 12.7 Å². The third kappa shape index (κ3) is 5.08. The standard InChI is InChI=1S/C17H16F3N/c18-17(19,20)16-10-4-8-15(12-16)13-21-11-5-9-14-6-2-1-3-7-14/h1-10,12,21H,11,13H2. The summed E-state index contributed by atoms with van der Waals surface area (Å²) in [6, 6.07) is 15.2. The summed E-state index contributed by atoms with van der Waals surface area (Å²) < 4.78 is 37.7. The van der Waals surface area contributed by atoms with Crippen molar-refractivity contribution in [3.05, 3.63) is 77.4 Å². The molecule has 0 spiro atoms. The number of nitrogens with one attached hydrogen (secondary N) is 1. The summed E-state index contributed by atoms with van der Waals surface area (Å²) in [5, 5.41) is 3.10. The maximum absolute atomic E-state index is 12.6. The number of hydrogen-bond donors (Lipinski definition) is 1. The van der Waals surface area contributed by atoms with Gasteiger partial charge in [-0.25, -0.2) is 0 Å². The van der Waals surface area contributed by atoms with E-state index in [2.05, 4.69) is 5.32 Å². The van der Waals surface area contributed by atoms with Gasteiger partial charge in [0.05, 0.1) is 5.56 Å². The van der Waals surface area contributed by atoms with Crippen molar-refractivity contribution in [3.8, 4) is 0 Å². The van der Waals surface area contributed by atoms with Gasteiger partial charge >= 0.3 is 6.18 Å². The molecule has 0 heterocycles. The van der Waals surface area contributed by atoms with Crippen molar-refractivity contribution in [2.24, 2.45) is 0 Å². The Labute approximate surface area is 122 Å². The Kier molecular flexibility index (Phi) is 5.17. The Morgan fingerprint density at radius 2 is 1.71 bits per heavy atom. The molecule has 0 saturated carbocycles. The second kappa shape index (κ2) is 7.09. The third-order valence-corrected chi connectivity index (χ3v) is 2.96. The van der Waals surface area contributed by atoms with Crippen molar-refractivity contribution < 1.29 is 13.2 Å². The van der Waals surface area contributed by atoms with Crippen LogP contribution in [0, 0.1) is 0 Å². The van der Waals surface area contributed by atoms with Crippen LogP contribution in [0.2, 0.25) is 0 Å². The van der Waals surface area contributed by atoms with Gasteiger partial charge in [-0.3, -0.25) is 0 Å². The molecule has 21 heavy (non-hydrogen) atoms. The van der Waals surface area contributed by atoms with Gasteiger partial charge in [0.1, 0.15) is 0 Å². The molecule has 0 amide bonds. The highest BCUT2D eigenvalue weighted by atomic mass is 19.4. The molecule has 0 aliphatic carbocycles. The molecule has 1 nitrogen and oxygen atoms in total. The smallest absolute Gasteiger partial charge is 0.309 e. The molecule has 0 saturated heterocycles. The van der Waals surface area contributed by atoms with Crippen LogP contribution in [0.15, 0.2) is 60.7 Å². The summed E-state index contributed by atoms with van der Waals surface area (Å²) in [7, 11) is 0. The zero-order valence-electron chi connectivity index (χ0n) is 11.4. The van der Waals surface area contributed by atoms with Gasteiger partial charge in [0, 0.05) is 13.1 Å². The quantitative estimate of drug-likeness (QED) is 0.799. The minimum Gasteiger partial charge on any atom is -0.309 e. The minimum atomic E-state index is -4.29. The molecule has 2 aromatic rings. The van der Waals surface area contributed by atoms with E-state index in [9.17, 15) is 13.2 Å². The molecule has 0 bridgehead atoms. The third-order valence-electron chi connectivity index (χ3n) is 2.96. The van der Waals surface area contributed by atoms with Crippen molar-refractivity contribution in [1.29, 1.82) is 0 Å². The lowest BCUT2D eigenvalue weighted by Gasteiger charge is -2.08. The first-order valence-electron chi connectivity index (χ1n) is 6.64. The number of halogens is 3. The Hall–Kier alpha value is -2.07. The van der Waals surface area contributed by atoms with Crippen LogP contribution < -0.4 is 5.32 Å². The first-order valence-corrected chi connectivity index (χ1v) is 6.64. The molecular weight excluding hydrogens is 275 g/mol. The molecule has 0 unspecified atom stereocenters. The van der Waals surface area contributed by atoms with E-state index in [0.29, 0.717) is 18.7 Å². The second-order valence-corrected chi connectivity index (χ2v) is 4.64. The topological polar surface area (TPSA) is 12.0 Å². The molecule has 0 aliphatic rings. The Balaban J connectivity index is 1.83. The van der Waals surface area contributed by atoms with Gasteiger partial charge in [-0.05, 0) is 17.2 Å². The van der Waals surface area contributed by atoms with Gasteiger partial charge in [0.2, 0.25) is 0 Å². The van der Waals surface area contributed by atoms with Crippen LogP contribution in [0.4, 0.5) is 13.2 Å². The van der Waals surface area contributed by atoms with E-state index < -0.39 is 11.7 Å². The van der Waals surface area contributed by atoms with Crippen LogP contribution in [0.3, 0.4) is 0 Å². The maximum Gasteiger partial charge on any atom is 0.416 e. The SMILES string of the molecule is FC(F)(F)c1cccc(CNCC=Cc2ccccc2)c1. The van der Waals surface area contributed by atoms with Gasteiger partial charge in [0.15, 0.2) is 0 Å². The molecule has 0 aliphatic heterocycles. The molecule has 0 aromatic heterocycles. The average Bonchev–Trinajstić information content (AvgIpc) is 2.47. The summed E-state index contributed by atoms with van der Waals surface area (Å²) in [4.78, 5) is 0. The fourth-order valence-corrected chi connectivity index (χ4v) is 1.92. The number of hydrogen-bond acceptors (Lipinski definition) is 1. The minimum absolute atomic E-state index is 0.406. The fourth-order valence-electron chi connectivity index (χ4n) is 1.92. The highest BCUT2D eigenvalue weighted by Gasteiger charge is 2.30. The maximum atomic E-state index is 12.6.